The van der Waals surface area contributed by atoms with E-state index in [-0.39, 0.29) is 18.2 Å². The highest BCUT2D eigenvalue weighted by atomic mass is 16.5. The molecule has 144 valence electrons. The van der Waals surface area contributed by atoms with Gasteiger partial charge in [0.15, 0.2) is 23.0 Å². The van der Waals surface area contributed by atoms with Crippen LogP contribution in [0.5, 0.6) is 23.0 Å². The molecule has 0 saturated heterocycles. The number of amides is 1. The largest absolute Gasteiger partial charge is 0.504 e. The number of carbonyl (C=O) groups is 1. The van der Waals surface area contributed by atoms with E-state index in [0.29, 0.717) is 42.7 Å². The molecule has 27 heavy (non-hydrogen) atoms. The van der Waals surface area contributed by atoms with Gasteiger partial charge in [-0.25, -0.2) is 0 Å². The molecule has 0 aromatic heterocycles. The number of phenols is 1. The first-order valence-corrected chi connectivity index (χ1v) is 8.79. The molecule has 0 unspecified atom stereocenters. The van der Waals surface area contributed by atoms with Gasteiger partial charge in [0.25, 0.3) is 0 Å². The monoisotopic (exact) mass is 372 g/mol. The number of aromatic hydroxyl groups is 1. The number of nitrogens with one attached hydrogen (secondary N) is 1. The summed E-state index contributed by atoms with van der Waals surface area (Å²) < 4.78 is 16.3. The first-order chi connectivity index (χ1) is 13.0. The number of likely N-dealkylation sites (N-methyl/N-ethyl adjacent to an activating group) is 1. The van der Waals surface area contributed by atoms with Gasteiger partial charge in [-0.15, -0.1) is 0 Å². The molecule has 0 aliphatic carbocycles. The third kappa shape index (κ3) is 5.04. The van der Waals surface area contributed by atoms with E-state index >= 15 is 0 Å². The maximum absolute atomic E-state index is 12.3. The molecule has 7 nitrogen and oxygen atoms in total. The predicted octanol–water partition coefficient (Wildman–Crippen LogP) is 2.63. The fourth-order valence-corrected chi connectivity index (χ4v) is 2.87. The van der Waals surface area contributed by atoms with Crippen molar-refractivity contribution in [3.8, 4) is 23.0 Å². The summed E-state index contributed by atoms with van der Waals surface area (Å²) in [6, 6.07) is 10.5. The lowest BCUT2D eigenvalue weighted by Gasteiger charge is -2.17. The third-order valence-electron chi connectivity index (χ3n) is 4.14. The van der Waals surface area contributed by atoms with Crippen molar-refractivity contribution in [2.75, 3.05) is 39.2 Å². The molecule has 2 aromatic rings. The van der Waals surface area contributed by atoms with Gasteiger partial charge in [-0.1, -0.05) is 6.07 Å². The fraction of sp³-hybridized carbons (Fsp3) is 0.350. The average Bonchev–Trinajstić information content (AvgIpc) is 2.88. The van der Waals surface area contributed by atoms with Crippen LogP contribution in [0.2, 0.25) is 0 Å². The molecule has 3 rings (SSSR count). The summed E-state index contributed by atoms with van der Waals surface area (Å²) in [7, 11) is 3.36. The summed E-state index contributed by atoms with van der Waals surface area (Å²) in [6.07, 6.45) is 0.837. The number of hydrogen-bond donors (Lipinski definition) is 2. The molecule has 7 heteroatoms. The van der Waals surface area contributed by atoms with Crippen molar-refractivity contribution in [3.05, 3.63) is 42.0 Å². The zero-order chi connectivity index (χ0) is 19.2. The Morgan fingerprint density at radius 2 is 1.96 bits per heavy atom. The summed E-state index contributed by atoms with van der Waals surface area (Å²) >= 11 is 0. The van der Waals surface area contributed by atoms with Gasteiger partial charge in [-0.05, 0) is 36.9 Å². The second-order valence-electron chi connectivity index (χ2n) is 6.44. The number of nitrogens with zero attached hydrogens (tertiary/aromatic N) is 1. The highest BCUT2D eigenvalue weighted by Gasteiger charge is 2.13. The molecule has 1 amide bonds. The van der Waals surface area contributed by atoms with E-state index in [2.05, 4.69) is 5.32 Å². The molecule has 1 aliphatic heterocycles. The van der Waals surface area contributed by atoms with Crippen LogP contribution in [0.15, 0.2) is 36.4 Å². The van der Waals surface area contributed by atoms with Crippen LogP contribution in [0.3, 0.4) is 0 Å². The minimum atomic E-state index is -0.127. The number of fused-ring (bicyclic) bond motifs is 1. The molecule has 1 aliphatic rings. The van der Waals surface area contributed by atoms with Crippen LogP contribution in [0.4, 0.5) is 5.69 Å². The zero-order valence-corrected chi connectivity index (χ0v) is 15.5. The van der Waals surface area contributed by atoms with E-state index in [0.717, 1.165) is 12.0 Å². The maximum Gasteiger partial charge on any atom is 0.238 e. The Kier molecular flexibility index (Phi) is 6.03. The van der Waals surface area contributed by atoms with Gasteiger partial charge in [0.1, 0.15) is 0 Å². The average molecular weight is 372 g/mol. The van der Waals surface area contributed by atoms with Gasteiger partial charge in [-0.3, -0.25) is 9.69 Å². The molecule has 0 spiro atoms. The van der Waals surface area contributed by atoms with Crippen molar-refractivity contribution < 1.29 is 24.1 Å². The molecular formula is C20H24N2O5. The summed E-state index contributed by atoms with van der Waals surface area (Å²) in [5.41, 5.74) is 1.61. The molecule has 1 heterocycles. The van der Waals surface area contributed by atoms with Crippen LogP contribution in [0.25, 0.3) is 0 Å². The van der Waals surface area contributed by atoms with Crippen molar-refractivity contribution in [1.29, 1.82) is 0 Å². The summed E-state index contributed by atoms with van der Waals surface area (Å²) in [5, 5.41) is 12.5. The molecular weight excluding hydrogens is 348 g/mol. The van der Waals surface area contributed by atoms with Crippen molar-refractivity contribution in [1.82, 2.24) is 4.90 Å². The quantitative estimate of drug-likeness (QED) is 0.811. The number of ether oxygens (including phenoxy) is 3. The van der Waals surface area contributed by atoms with Gasteiger partial charge in [0, 0.05) is 24.7 Å². The van der Waals surface area contributed by atoms with Crippen LogP contribution in [-0.4, -0.2) is 49.8 Å². The van der Waals surface area contributed by atoms with E-state index in [1.54, 1.807) is 30.3 Å². The van der Waals surface area contributed by atoms with Gasteiger partial charge in [0.2, 0.25) is 5.91 Å². The lowest BCUT2D eigenvalue weighted by Crippen LogP contribution is -2.29. The Hall–Kier alpha value is -2.93. The van der Waals surface area contributed by atoms with E-state index < -0.39 is 0 Å². The Morgan fingerprint density at radius 3 is 2.74 bits per heavy atom. The summed E-state index contributed by atoms with van der Waals surface area (Å²) in [5.74, 6) is 1.73. The third-order valence-corrected chi connectivity index (χ3v) is 4.14. The van der Waals surface area contributed by atoms with Crippen LogP contribution in [-0.2, 0) is 11.3 Å². The minimum Gasteiger partial charge on any atom is -0.504 e. The Bertz CT molecular complexity index is 809. The van der Waals surface area contributed by atoms with Crippen molar-refractivity contribution in [2.45, 2.75) is 13.0 Å². The highest BCUT2D eigenvalue weighted by molar-refractivity contribution is 5.92. The molecule has 0 saturated carbocycles. The molecule has 0 radical (unpaired) electrons. The lowest BCUT2D eigenvalue weighted by molar-refractivity contribution is -0.117. The first-order valence-electron chi connectivity index (χ1n) is 8.79. The SMILES string of the molecule is COc1cc(CN(C)CC(=O)Nc2ccc3c(c2)OCCCO3)ccc1O. The van der Waals surface area contributed by atoms with Crippen LogP contribution in [0.1, 0.15) is 12.0 Å². The van der Waals surface area contributed by atoms with E-state index in [9.17, 15) is 9.90 Å². The zero-order valence-electron chi connectivity index (χ0n) is 15.5. The number of carbonyl (C=O) groups excluding carboxylic acids is 1. The summed E-state index contributed by atoms with van der Waals surface area (Å²) in [4.78, 5) is 14.2. The maximum atomic E-state index is 12.3. The molecule has 0 atom stereocenters. The van der Waals surface area contributed by atoms with Crippen molar-refractivity contribution in [2.24, 2.45) is 0 Å². The second kappa shape index (κ2) is 8.64. The minimum absolute atomic E-state index is 0.0936. The highest BCUT2D eigenvalue weighted by Crippen LogP contribution is 2.32. The van der Waals surface area contributed by atoms with Crippen LogP contribution in [0, 0.1) is 0 Å². The van der Waals surface area contributed by atoms with Crippen molar-refractivity contribution >= 4 is 11.6 Å². The standard InChI is InChI=1S/C20H24N2O5/c1-22(12-14-4-6-16(23)18(10-14)25-2)13-20(24)21-15-5-7-17-19(11-15)27-9-3-8-26-17/h4-7,10-11,23H,3,8-9,12-13H2,1-2H3,(H,21,24). The van der Waals surface area contributed by atoms with Gasteiger partial charge >= 0.3 is 0 Å². The van der Waals surface area contributed by atoms with Crippen LogP contribution >= 0.6 is 0 Å². The number of phenolic OH excluding ortho intramolecular Hbond substituents is 1. The van der Waals surface area contributed by atoms with Crippen molar-refractivity contribution in [3.63, 3.8) is 0 Å². The van der Waals surface area contributed by atoms with E-state index in [4.69, 9.17) is 14.2 Å². The fourth-order valence-electron chi connectivity index (χ4n) is 2.87. The van der Waals surface area contributed by atoms with Gasteiger partial charge in [-0.2, -0.15) is 0 Å². The number of rotatable bonds is 6. The summed E-state index contributed by atoms with van der Waals surface area (Å²) in [6.45, 7) is 2.00. The smallest absolute Gasteiger partial charge is 0.238 e. The Labute approximate surface area is 158 Å². The van der Waals surface area contributed by atoms with E-state index in [1.807, 2.05) is 18.0 Å². The Balaban J connectivity index is 1.56. The van der Waals surface area contributed by atoms with Crippen LogP contribution < -0.4 is 19.5 Å². The Morgan fingerprint density at radius 1 is 1.19 bits per heavy atom. The lowest BCUT2D eigenvalue weighted by atomic mass is 10.2. The van der Waals surface area contributed by atoms with Gasteiger partial charge in [0.05, 0.1) is 26.9 Å². The molecule has 2 N–H and O–H groups in total. The number of hydrogen-bond acceptors (Lipinski definition) is 6. The molecule has 0 bridgehead atoms. The molecule has 2 aromatic carbocycles. The second-order valence-corrected chi connectivity index (χ2v) is 6.44. The topological polar surface area (TPSA) is 80.3 Å². The first kappa shape index (κ1) is 18.8. The number of benzene rings is 2. The predicted molar refractivity (Wildman–Crippen MR) is 102 cm³/mol. The normalized spacial score (nSPS) is 13.1. The molecule has 0 fully saturated rings. The van der Waals surface area contributed by atoms with Gasteiger partial charge < -0.3 is 24.6 Å². The number of anilines is 1. The van der Waals surface area contributed by atoms with E-state index in [1.165, 1.54) is 7.11 Å². The number of methoxy groups -OCH3 is 1.